The predicted molar refractivity (Wildman–Crippen MR) is 111 cm³/mol. The van der Waals surface area contributed by atoms with Crippen LogP contribution in [0.5, 0.6) is 0 Å². The van der Waals surface area contributed by atoms with Crippen LogP contribution in [0.15, 0.2) is 71.1 Å². The van der Waals surface area contributed by atoms with Crippen LogP contribution in [0.2, 0.25) is 0 Å². The molecule has 0 aliphatic heterocycles. The average molecular weight is 372 g/mol. The zero-order chi connectivity index (χ0) is 19.2. The number of benzene rings is 2. The van der Waals surface area contributed by atoms with E-state index in [2.05, 4.69) is 29.8 Å². The number of hydrogen-bond acceptors (Lipinski definition) is 5. The molecule has 1 aromatic heterocycles. The molecule has 0 spiro atoms. The summed E-state index contributed by atoms with van der Waals surface area (Å²) in [6.45, 7) is 6.24. The van der Waals surface area contributed by atoms with Gasteiger partial charge in [-0.05, 0) is 29.0 Å². The molecule has 0 aliphatic carbocycles. The van der Waals surface area contributed by atoms with E-state index in [1.807, 2.05) is 37.3 Å². The molecule has 2 aromatic carbocycles. The summed E-state index contributed by atoms with van der Waals surface area (Å²) in [6, 6.07) is 19.6. The smallest absolute Gasteiger partial charge is 0.162 e. The first-order chi connectivity index (χ1) is 13.1. The molecule has 5 heteroatoms. The highest BCUT2D eigenvalue weighted by Crippen LogP contribution is 2.33. The molecule has 0 atom stereocenters. The van der Waals surface area contributed by atoms with Gasteiger partial charge in [0, 0.05) is 17.5 Å². The lowest BCUT2D eigenvalue weighted by Gasteiger charge is -2.13. The number of nitriles is 1. The summed E-state index contributed by atoms with van der Waals surface area (Å²) in [6.07, 6.45) is 1.50. The maximum Gasteiger partial charge on any atom is 0.162 e. The quantitative estimate of drug-likeness (QED) is 0.486. The zero-order valence-electron chi connectivity index (χ0n) is 15.1. The molecule has 0 bridgehead atoms. The lowest BCUT2D eigenvalue weighted by atomic mass is 10.1. The van der Waals surface area contributed by atoms with Crippen molar-refractivity contribution in [3.05, 3.63) is 82.8 Å². The van der Waals surface area contributed by atoms with Gasteiger partial charge in [-0.3, -0.25) is 0 Å². The van der Waals surface area contributed by atoms with Crippen molar-refractivity contribution in [1.82, 2.24) is 9.97 Å². The minimum Gasteiger partial charge on any atom is -0.383 e. The highest BCUT2D eigenvalue weighted by atomic mass is 32.2. The summed E-state index contributed by atoms with van der Waals surface area (Å²) in [7, 11) is 0. The fourth-order valence-corrected chi connectivity index (χ4v) is 3.77. The van der Waals surface area contributed by atoms with Crippen molar-refractivity contribution in [2.45, 2.75) is 24.8 Å². The van der Waals surface area contributed by atoms with Gasteiger partial charge in [-0.2, -0.15) is 5.26 Å². The van der Waals surface area contributed by atoms with Crippen LogP contribution in [0.1, 0.15) is 23.6 Å². The molecule has 0 radical (unpaired) electrons. The molecular formula is C22H20N4S. The monoisotopic (exact) mass is 372 g/mol. The van der Waals surface area contributed by atoms with Crippen molar-refractivity contribution < 1.29 is 0 Å². The number of anilines is 1. The van der Waals surface area contributed by atoms with Crippen LogP contribution in [-0.4, -0.2) is 9.97 Å². The Balaban J connectivity index is 1.92. The second-order valence-corrected chi connectivity index (χ2v) is 7.23. The summed E-state index contributed by atoms with van der Waals surface area (Å²) in [4.78, 5) is 10.2. The SMILES string of the molecule is C=C(Cc1ccccc1)Sc1nc(-c2cccc(C#N)c2)nc(N)c1CC. The van der Waals surface area contributed by atoms with Crippen molar-refractivity contribution in [3.63, 3.8) is 0 Å². The van der Waals surface area contributed by atoms with E-state index < -0.39 is 0 Å². The summed E-state index contributed by atoms with van der Waals surface area (Å²) >= 11 is 1.53. The average Bonchev–Trinajstić information content (AvgIpc) is 2.68. The third-order valence-electron chi connectivity index (χ3n) is 4.09. The third kappa shape index (κ3) is 4.55. The topological polar surface area (TPSA) is 75.6 Å². The van der Waals surface area contributed by atoms with Crippen molar-refractivity contribution in [3.8, 4) is 17.5 Å². The molecule has 3 rings (SSSR count). The number of nitrogens with zero attached hydrogens (tertiary/aromatic N) is 3. The Morgan fingerprint density at radius 3 is 2.63 bits per heavy atom. The molecule has 27 heavy (non-hydrogen) atoms. The van der Waals surface area contributed by atoms with Gasteiger partial charge in [-0.1, -0.05) is 67.7 Å². The predicted octanol–water partition coefficient (Wildman–Crippen LogP) is 5.01. The summed E-state index contributed by atoms with van der Waals surface area (Å²) in [5.41, 5.74) is 9.68. The van der Waals surface area contributed by atoms with Gasteiger partial charge in [0.25, 0.3) is 0 Å². The summed E-state index contributed by atoms with van der Waals surface area (Å²) < 4.78 is 0. The highest BCUT2D eigenvalue weighted by Gasteiger charge is 2.14. The number of thioether (sulfide) groups is 1. The fraction of sp³-hybridized carbons (Fsp3) is 0.136. The van der Waals surface area contributed by atoms with E-state index in [0.717, 1.165) is 33.9 Å². The zero-order valence-corrected chi connectivity index (χ0v) is 16.0. The van der Waals surface area contributed by atoms with E-state index >= 15 is 0 Å². The molecule has 0 amide bonds. The normalized spacial score (nSPS) is 10.4. The number of rotatable bonds is 6. The standard InChI is InChI=1S/C22H20N4S/c1-3-19-20(24)25-21(18-11-7-10-17(13-18)14-23)26-22(19)27-15(2)12-16-8-5-4-6-9-16/h4-11,13H,2-3,12H2,1H3,(H2,24,25,26). The highest BCUT2D eigenvalue weighted by molar-refractivity contribution is 8.03. The molecule has 0 saturated heterocycles. The van der Waals surface area contributed by atoms with Crippen molar-refractivity contribution >= 4 is 17.6 Å². The number of allylic oxidation sites excluding steroid dienone is 1. The molecule has 3 aromatic rings. The minimum atomic E-state index is 0.472. The van der Waals surface area contributed by atoms with E-state index in [-0.39, 0.29) is 0 Å². The first-order valence-corrected chi connectivity index (χ1v) is 9.48. The van der Waals surface area contributed by atoms with Crippen molar-refractivity contribution in [2.75, 3.05) is 5.73 Å². The second kappa shape index (κ2) is 8.52. The number of nitrogens with two attached hydrogens (primary N) is 1. The Labute approximate surface area is 163 Å². The lowest BCUT2D eigenvalue weighted by Crippen LogP contribution is -2.04. The molecule has 134 valence electrons. The van der Waals surface area contributed by atoms with Gasteiger partial charge >= 0.3 is 0 Å². The molecule has 0 unspecified atom stereocenters. The van der Waals surface area contributed by atoms with Crippen molar-refractivity contribution in [2.24, 2.45) is 0 Å². The van der Waals surface area contributed by atoms with E-state index in [9.17, 15) is 0 Å². The molecule has 0 aliphatic rings. The fourth-order valence-electron chi connectivity index (χ4n) is 2.75. The Bertz CT molecular complexity index is 1010. The van der Waals surface area contributed by atoms with Crippen LogP contribution < -0.4 is 5.73 Å². The van der Waals surface area contributed by atoms with E-state index in [4.69, 9.17) is 16.0 Å². The first kappa shape index (κ1) is 18.7. The Morgan fingerprint density at radius 2 is 1.93 bits per heavy atom. The molecular weight excluding hydrogens is 352 g/mol. The largest absolute Gasteiger partial charge is 0.383 e. The van der Waals surface area contributed by atoms with E-state index in [1.54, 1.807) is 12.1 Å². The maximum absolute atomic E-state index is 9.13. The molecule has 2 N–H and O–H groups in total. The third-order valence-corrected chi connectivity index (χ3v) is 5.05. The molecule has 4 nitrogen and oxygen atoms in total. The summed E-state index contributed by atoms with van der Waals surface area (Å²) in [5, 5.41) is 9.95. The van der Waals surface area contributed by atoms with Gasteiger partial charge in [0.1, 0.15) is 10.8 Å². The number of aromatic nitrogens is 2. The molecule has 0 saturated carbocycles. The van der Waals surface area contributed by atoms with Gasteiger partial charge in [0.2, 0.25) is 0 Å². The van der Waals surface area contributed by atoms with Gasteiger partial charge in [0.05, 0.1) is 11.6 Å². The van der Waals surface area contributed by atoms with Gasteiger partial charge in [-0.25, -0.2) is 9.97 Å². The Kier molecular flexibility index (Phi) is 5.90. The van der Waals surface area contributed by atoms with Gasteiger partial charge in [0.15, 0.2) is 5.82 Å². The Hall–Kier alpha value is -3.10. The van der Waals surface area contributed by atoms with Crippen LogP contribution in [-0.2, 0) is 12.8 Å². The van der Waals surface area contributed by atoms with Crippen LogP contribution in [0.25, 0.3) is 11.4 Å². The van der Waals surface area contributed by atoms with Crippen LogP contribution in [0, 0.1) is 11.3 Å². The number of nitrogen functional groups attached to an aromatic ring is 1. The van der Waals surface area contributed by atoms with E-state index in [1.165, 1.54) is 17.3 Å². The first-order valence-electron chi connectivity index (χ1n) is 8.67. The summed E-state index contributed by atoms with van der Waals surface area (Å²) in [5.74, 6) is 0.997. The molecule has 0 fully saturated rings. The van der Waals surface area contributed by atoms with Crippen LogP contribution in [0.4, 0.5) is 5.82 Å². The molecule has 1 heterocycles. The van der Waals surface area contributed by atoms with Crippen LogP contribution in [0.3, 0.4) is 0 Å². The van der Waals surface area contributed by atoms with Crippen LogP contribution >= 0.6 is 11.8 Å². The van der Waals surface area contributed by atoms with E-state index in [0.29, 0.717) is 17.2 Å². The second-order valence-electron chi connectivity index (χ2n) is 6.07. The van der Waals surface area contributed by atoms with Gasteiger partial charge < -0.3 is 5.73 Å². The maximum atomic E-state index is 9.13. The van der Waals surface area contributed by atoms with Crippen molar-refractivity contribution in [1.29, 1.82) is 5.26 Å². The Morgan fingerprint density at radius 1 is 1.15 bits per heavy atom. The van der Waals surface area contributed by atoms with Gasteiger partial charge in [-0.15, -0.1) is 0 Å². The number of hydrogen-bond donors (Lipinski definition) is 1. The minimum absolute atomic E-state index is 0.472. The lowest BCUT2D eigenvalue weighted by molar-refractivity contribution is 0.961.